The van der Waals surface area contributed by atoms with Gasteiger partial charge < -0.3 is 20.9 Å². The number of nitrogens with one attached hydrogen (secondary N) is 3. The Labute approximate surface area is 137 Å². The van der Waals surface area contributed by atoms with E-state index in [1.165, 1.54) is 0 Å². The highest BCUT2D eigenvalue weighted by Crippen LogP contribution is 2.17. The molecule has 0 radical (unpaired) electrons. The quantitative estimate of drug-likeness (QED) is 0.798. The first-order valence-corrected chi connectivity index (χ1v) is 8.10. The Balaban J connectivity index is 2.09. The second kappa shape index (κ2) is 7.46. The van der Waals surface area contributed by atoms with Crippen molar-refractivity contribution in [3.05, 3.63) is 29.8 Å². The highest BCUT2D eigenvalue weighted by molar-refractivity contribution is 5.97. The van der Waals surface area contributed by atoms with E-state index in [-0.39, 0.29) is 30.1 Å². The summed E-state index contributed by atoms with van der Waals surface area (Å²) in [6.07, 6.45) is 0. The fourth-order valence-corrected chi connectivity index (χ4v) is 2.67. The Morgan fingerprint density at radius 2 is 2.04 bits per heavy atom. The van der Waals surface area contributed by atoms with E-state index in [2.05, 4.69) is 22.9 Å². The van der Waals surface area contributed by atoms with Crippen molar-refractivity contribution in [3.8, 4) is 0 Å². The summed E-state index contributed by atoms with van der Waals surface area (Å²) in [7, 11) is 0. The number of hydrogen-bond donors (Lipinski definition) is 3. The summed E-state index contributed by atoms with van der Waals surface area (Å²) in [5, 5.41) is 8.89. The van der Waals surface area contributed by atoms with Crippen LogP contribution < -0.4 is 16.0 Å². The average molecular weight is 318 g/mol. The lowest BCUT2D eigenvalue weighted by Crippen LogP contribution is -2.57. The highest BCUT2D eigenvalue weighted by atomic mass is 16.2. The number of carbonyl (C=O) groups excluding carboxylic acids is 2. The number of rotatable bonds is 3. The fourth-order valence-electron chi connectivity index (χ4n) is 2.67. The van der Waals surface area contributed by atoms with Crippen molar-refractivity contribution in [2.75, 3.05) is 18.4 Å². The van der Waals surface area contributed by atoms with Crippen molar-refractivity contribution >= 4 is 17.6 Å². The van der Waals surface area contributed by atoms with Gasteiger partial charge in [-0.25, -0.2) is 4.79 Å². The third-order valence-electron chi connectivity index (χ3n) is 4.08. The highest BCUT2D eigenvalue weighted by Gasteiger charge is 2.28. The summed E-state index contributed by atoms with van der Waals surface area (Å²) >= 11 is 0. The Morgan fingerprint density at radius 3 is 2.74 bits per heavy atom. The van der Waals surface area contributed by atoms with Crippen LogP contribution >= 0.6 is 0 Å². The molecular formula is C17H26N4O2. The minimum absolute atomic E-state index is 0.00114. The molecule has 1 fully saturated rings. The van der Waals surface area contributed by atoms with Gasteiger partial charge in [0.25, 0.3) is 5.91 Å². The van der Waals surface area contributed by atoms with Crippen LogP contribution in [-0.4, -0.2) is 48.1 Å². The molecule has 0 bridgehead atoms. The SMILES string of the molecule is CC(C)NC(=O)Nc1cccc(C(=O)N2CCNC(C)C2C)c1. The molecule has 1 saturated heterocycles. The maximum atomic E-state index is 12.7. The van der Waals surface area contributed by atoms with E-state index in [0.717, 1.165) is 6.54 Å². The molecule has 3 N–H and O–H groups in total. The second-order valence-corrected chi connectivity index (χ2v) is 6.32. The van der Waals surface area contributed by atoms with Gasteiger partial charge in [-0.1, -0.05) is 6.07 Å². The monoisotopic (exact) mass is 318 g/mol. The number of hydrogen-bond acceptors (Lipinski definition) is 3. The number of anilines is 1. The molecule has 6 nitrogen and oxygen atoms in total. The van der Waals surface area contributed by atoms with Gasteiger partial charge in [0.1, 0.15) is 0 Å². The molecule has 6 heteroatoms. The van der Waals surface area contributed by atoms with Crippen LogP contribution in [0.1, 0.15) is 38.1 Å². The van der Waals surface area contributed by atoms with Gasteiger partial charge in [0.2, 0.25) is 0 Å². The Kier molecular flexibility index (Phi) is 5.60. The molecule has 0 aromatic heterocycles. The summed E-state index contributed by atoms with van der Waals surface area (Å²) < 4.78 is 0. The van der Waals surface area contributed by atoms with Crippen LogP contribution in [-0.2, 0) is 0 Å². The van der Waals surface area contributed by atoms with Crippen LogP contribution in [0.25, 0.3) is 0 Å². The van der Waals surface area contributed by atoms with Crippen LogP contribution in [0.3, 0.4) is 0 Å². The van der Waals surface area contributed by atoms with Gasteiger partial charge in [0.15, 0.2) is 0 Å². The van der Waals surface area contributed by atoms with Gasteiger partial charge in [0.05, 0.1) is 0 Å². The van der Waals surface area contributed by atoms with Crippen LogP contribution in [0.2, 0.25) is 0 Å². The molecular weight excluding hydrogens is 292 g/mol. The summed E-state index contributed by atoms with van der Waals surface area (Å²) in [4.78, 5) is 26.4. The molecule has 0 aliphatic carbocycles. The number of piperazine rings is 1. The Hall–Kier alpha value is -2.08. The first-order valence-electron chi connectivity index (χ1n) is 8.10. The third-order valence-corrected chi connectivity index (χ3v) is 4.08. The zero-order valence-electron chi connectivity index (χ0n) is 14.2. The van der Waals surface area contributed by atoms with E-state index in [0.29, 0.717) is 17.8 Å². The van der Waals surface area contributed by atoms with E-state index in [1.54, 1.807) is 24.3 Å². The van der Waals surface area contributed by atoms with E-state index >= 15 is 0 Å². The zero-order valence-corrected chi connectivity index (χ0v) is 14.2. The largest absolute Gasteiger partial charge is 0.336 e. The van der Waals surface area contributed by atoms with Crippen molar-refractivity contribution in [2.24, 2.45) is 0 Å². The smallest absolute Gasteiger partial charge is 0.319 e. The van der Waals surface area contributed by atoms with Crippen molar-refractivity contribution in [1.29, 1.82) is 0 Å². The van der Waals surface area contributed by atoms with Crippen LogP contribution in [0, 0.1) is 0 Å². The molecule has 0 saturated carbocycles. The molecule has 1 heterocycles. The Bertz CT molecular complexity index is 573. The first-order chi connectivity index (χ1) is 10.9. The standard InChI is InChI=1S/C17H26N4O2/c1-11(2)19-17(23)20-15-7-5-6-14(10-15)16(22)21-9-8-18-12(3)13(21)4/h5-7,10-13,18H,8-9H2,1-4H3,(H2,19,20,23). The normalized spacial score (nSPS) is 21.2. The fraction of sp³-hybridized carbons (Fsp3) is 0.529. The number of carbonyl (C=O) groups is 2. The molecule has 1 aliphatic heterocycles. The molecule has 1 aliphatic rings. The molecule has 126 valence electrons. The van der Waals surface area contributed by atoms with Gasteiger partial charge in [-0.2, -0.15) is 0 Å². The second-order valence-electron chi connectivity index (χ2n) is 6.32. The first kappa shape index (κ1) is 17.3. The predicted octanol–water partition coefficient (Wildman–Crippen LogP) is 2.04. The third kappa shape index (κ3) is 4.45. The summed E-state index contributed by atoms with van der Waals surface area (Å²) in [6, 6.07) is 7.27. The molecule has 2 unspecified atom stereocenters. The van der Waals surface area contributed by atoms with Gasteiger partial charge in [0, 0.05) is 42.5 Å². The number of benzene rings is 1. The van der Waals surface area contributed by atoms with E-state index < -0.39 is 0 Å². The minimum Gasteiger partial charge on any atom is -0.336 e. The summed E-state index contributed by atoms with van der Waals surface area (Å²) in [5.41, 5.74) is 1.21. The van der Waals surface area contributed by atoms with Gasteiger partial charge in [-0.3, -0.25) is 4.79 Å². The number of amides is 3. The molecule has 2 rings (SSSR count). The van der Waals surface area contributed by atoms with E-state index in [4.69, 9.17) is 0 Å². The van der Waals surface area contributed by atoms with Crippen molar-refractivity contribution < 1.29 is 9.59 Å². The zero-order chi connectivity index (χ0) is 17.0. The Morgan fingerprint density at radius 1 is 1.30 bits per heavy atom. The molecule has 2 atom stereocenters. The lowest BCUT2D eigenvalue weighted by Gasteiger charge is -2.38. The van der Waals surface area contributed by atoms with Crippen molar-refractivity contribution in [2.45, 2.75) is 45.8 Å². The van der Waals surface area contributed by atoms with Crippen LogP contribution in [0.5, 0.6) is 0 Å². The molecule has 23 heavy (non-hydrogen) atoms. The molecule has 1 aromatic rings. The molecule has 1 aromatic carbocycles. The maximum absolute atomic E-state index is 12.7. The van der Waals surface area contributed by atoms with Gasteiger partial charge in [-0.05, 0) is 45.9 Å². The lowest BCUT2D eigenvalue weighted by molar-refractivity contribution is 0.0603. The number of urea groups is 1. The molecule has 3 amide bonds. The minimum atomic E-state index is -0.270. The average Bonchev–Trinajstić information content (AvgIpc) is 2.48. The van der Waals surface area contributed by atoms with Crippen LogP contribution in [0.15, 0.2) is 24.3 Å². The summed E-state index contributed by atoms with van der Waals surface area (Å²) in [6.45, 7) is 9.41. The van der Waals surface area contributed by atoms with Gasteiger partial charge in [-0.15, -0.1) is 0 Å². The topological polar surface area (TPSA) is 73.5 Å². The van der Waals surface area contributed by atoms with E-state index in [1.807, 2.05) is 25.7 Å². The summed E-state index contributed by atoms with van der Waals surface area (Å²) in [5.74, 6) is -0.00114. The lowest BCUT2D eigenvalue weighted by atomic mass is 10.1. The van der Waals surface area contributed by atoms with Crippen LogP contribution in [0.4, 0.5) is 10.5 Å². The van der Waals surface area contributed by atoms with Gasteiger partial charge >= 0.3 is 6.03 Å². The maximum Gasteiger partial charge on any atom is 0.319 e. The molecule has 0 spiro atoms. The predicted molar refractivity (Wildman–Crippen MR) is 91.7 cm³/mol. The van der Waals surface area contributed by atoms with Crippen molar-refractivity contribution in [1.82, 2.24) is 15.5 Å². The number of nitrogens with zero attached hydrogens (tertiary/aromatic N) is 1. The van der Waals surface area contributed by atoms with Crippen molar-refractivity contribution in [3.63, 3.8) is 0 Å². The van der Waals surface area contributed by atoms with E-state index in [9.17, 15) is 9.59 Å².